The summed E-state index contributed by atoms with van der Waals surface area (Å²) >= 11 is 4.86. The van der Waals surface area contributed by atoms with E-state index in [9.17, 15) is 4.39 Å². The summed E-state index contributed by atoms with van der Waals surface area (Å²) in [6, 6.07) is 5.03. The molecule has 0 atom stereocenters. The van der Waals surface area contributed by atoms with Crippen LogP contribution in [0.15, 0.2) is 18.2 Å². The van der Waals surface area contributed by atoms with Gasteiger partial charge in [-0.2, -0.15) is 0 Å². The summed E-state index contributed by atoms with van der Waals surface area (Å²) < 4.78 is 14.0. The molecule has 0 saturated carbocycles. The lowest BCUT2D eigenvalue weighted by Crippen LogP contribution is -2.46. The normalized spacial score (nSPS) is 17.3. The fourth-order valence-electron chi connectivity index (χ4n) is 2.56. The van der Waals surface area contributed by atoms with Gasteiger partial charge in [0, 0.05) is 43.9 Å². The molecule has 1 aliphatic rings. The molecule has 0 spiro atoms. The second-order valence-electron chi connectivity index (χ2n) is 5.29. The molecule has 1 aromatic rings. The van der Waals surface area contributed by atoms with Gasteiger partial charge in [-0.25, -0.2) is 4.39 Å². The Morgan fingerprint density at radius 1 is 1.25 bits per heavy atom. The van der Waals surface area contributed by atoms with Crippen molar-refractivity contribution >= 4 is 17.2 Å². The highest BCUT2D eigenvalue weighted by Crippen LogP contribution is 2.14. The maximum Gasteiger partial charge on any atom is 0.128 e. The molecule has 2 rings (SSSR count). The van der Waals surface area contributed by atoms with Crippen molar-refractivity contribution in [2.45, 2.75) is 19.9 Å². The van der Waals surface area contributed by atoms with Crippen molar-refractivity contribution in [3.8, 4) is 0 Å². The molecule has 0 aromatic heterocycles. The Bertz CT molecular complexity index is 470. The first kappa shape index (κ1) is 15.4. The van der Waals surface area contributed by atoms with Gasteiger partial charge in [-0.1, -0.05) is 31.3 Å². The van der Waals surface area contributed by atoms with Crippen LogP contribution in [0.25, 0.3) is 0 Å². The van der Waals surface area contributed by atoms with Crippen LogP contribution in [0.4, 0.5) is 4.39 Å². The first-order valence-electron chi connectivity index (χ1n) is 7.13. The Morgan fingerprint density at radius 2 is 1.90 bits per heavy atom. The Hall–Kier alpha value is -1.04. The summed E-state index contributed by atoms with van der Waals surface area (Å²) in [6.45, 7) is 8.15. The Morgan fingerprint density at radius 3 is 2.45 bits per heavy atom. The molecule has 3 nitrogen and oxygen atoms in total. The standard InChI is InChI=1S/C15H22FN3S/c1-2-5-18-6-8-19(9-7-18)11-13-4-3-12(15(17)20)10-14(13)16/h3-4,10H,2,5-9,11H2,1H3,(H2,17,20). The third-order valence-electron chi connectivity index (χ3n) is 3.74. The number of piperazine rings is 1. The zero-order valence-electron chi connectivity index (χ0n) is 11.9. The van der Waals surface area contributed by atoms with E-state index in [4.69, 9.17) is 18.0 Å². The van der Waals surface area contributed by atoms with E-state index in [-0.39, 0.29) is 10.8 Å². The molecule has 0 bridgehead atoms. The fourth-order valence-corrected chi connectivity index (χ4v) is 2.68. The van der Waals surface area contributed by atoms with Gasteiger partial charge >= 0.3 is 0 Å². The van der Waals surface area contributed by atoms with E-state index in [1.165, 1.54) is 12.5 Å². The summed E-state index contributed by atoms with van der Waals surface area (Å²) in [6.07, 6.45) is 1.19. The van der Waals surface area contributed by atoms with Crippen LogP contribution in [-0.2, 0) is 6.54 Å². The minimum atomic E-state index is -0.216. The molecule has 1 saturated heterocycles. The first-order valence-corrected chi connectivity index (χ1v) is 7.54. The Labute approximate surface area is 125 Å². The molecule has 0 amide bonds. The van der Waals surface area contributed by atoms with Gasteiger partial charge in [0.2, 0.25) is 0 Å². The second-order valence-corrected chi connectivity index (χ2v) is 5.73. The monoisotopic (exact) mass is 295 g/mol. The van der Waals surface area contributed by atoms with Crippen LogP contribution in [0.3, 0.4) is 0 Å². The van der Waals surface area contributed by atoms with E-state index in [0.29, 0.717) is 17.7 Å². The summed E-state index contributed by atoms with van der Waals surface area (Å²) in [7, 11) is 0. The molecule has 110 valence electrons. The van der Waals surface area contributed by atoms with Crippen molar-refractivity contribution in [2.24, 2.45) is 5.73 Å². The second kappa shape index (κ2) is 7.11. The molecular formula is C15H22FN3S. The average molecular weight is 295 g/mol. The van der Waals surface area contributed by atoms with Gasteiger partial charge in [-0.3, -0.25) is 4.90 Å². The maximum atomic E-state index is 14.0. The van der Waals surface area contributed by atoms with Gasteiger partial charge in [0.1, 0.15) is 10.8 Å². The van der Waals surface area contributed by atoms with E-state index in [0.717, 1.165) is 32.7 Å². The predicted octanol–water partition coefficient (Wildman–Crippen LogP) is 1.99. The first-order chi connectivity index (χ1) is 9.60. The van der Waals surface area contributed by atoms with Gasteiger partial charge in [0.25, 0.3) is 0 Å². The molecule has 1 heterocycles. The number of benzene rings is 1. The van der Waals surface area contributed by atoms with E-state index >= 15 is 0 Å². The lowest BCUT2D eigenvalue weighted by molar-refractivity contribution is 0.126. The predicted molar refractivity (Wildman–Crippen MR) is 84.3 cm³/mol. The number of nitrogens with two attached hydrogens (primary N) is 1. The van der Waals surface area contributed by atoms with Crippen LogP contribution in [0.2, 0.25) is 0 Å². The fraction of sp³-hybridized carbons (Fsp3) is 0.533. The highest BCUT2D eigenvalue weighted by molar-refractivity contribution is 7.80. The summed E-state index contributed by atoms with van der Waals surface area (Å²) in [4.78, 5) is 5.00. The van der Waals surface area contributed by atoms with E-state index < -0.39 is 0 Å². The van der Waals surface area contributed by atoms with Crippen molar-refractivity contribution < 1.29 is 4.39 Å². The molecular weight excluding hydrogens is 273 g/mol. The number of rotatable bonds is 5. The molecule has 0 aliphatic carbocycles. The minimum absolute atomic E-state index is 0.216. The molecule has 20 heavy (non-hydrogen) atoms. The smallest absolute Gasteiger partial charge is 0.128 e. The highest BCUT2D eigenvalue weighted by Gasteiger charge is 2.17. The van der Waals surface area contributed by atoms with Crippen LogP contribution < -0.4 is 5.73 Å². The largest absolute Gasteiger partial charge is 0.389 e. The summed E-state index contributed by atoms with van der Waals surface area (Å²) in [5, 5.41) is 0. The Kier molecular flexibility index (Phi) is 5.46. The van der Waals surface area contributed by atoms with Gasteiger partial charge in [0.15, 0.2) is 0 Å². The van der Waals surface area contributed by atoms with E-state index in [1.54, 1.807) is 12.1 Å². The van der Waals surface area contributed by atoms with Crippen molar-refractivity contribution in [3.05, 3.63) is 35.1 Å². The van der Waals surface area contributed by atoms with Crippen LogP contribution in [-0.4, -0.2) is 47.5 Å². The average Bonchev–Trinajstić information content (AvgIpc) is 2.43. The number of nitrogens with zero attached hydrogens (tertiary/aromatic N) is 2. The van der Waals surface area contributed by atoms with Gasteiger partial charge < -0.3 is 10.6 Å². The van der Waals surface area contributed by atoms with Crippen LogP contribution in [0.5, 0.6) is 0 Å². The quantitative estimate of drug-likeness (QED) is 0.842. The van der Waals surface area contributed by atoms with Crippen LogP contribution >= 0.6 is 12.2 Å². The number of halogens is 1. The highest BCUT2D eigenvalue weighted by atomic mass is 32.1. The van der Waals surface area contributed by atoms with E-state index in [1.807, 2.05) is 0 Å². The van der Waals surface area contributed by atoms with Crippen molar-refractivity contribution in [2.75, 3.05) is 32.7 Å². The third-order valence-corrected chi connectivity index (χ3v) is 3.97. The van der Waals surface area contributed by atoms with E-state index in [2.05, 4.69) is 16.7 Å². The van der Waals surface area contributed by atoms with Crippen LogP contribution in [0.1, 0.15) is 24.5 Å². The van der Waals surface area contributed by atoms with Gasteiger partial charge in [0.05, 0.1) is 0 Å². The molecule has 1 aromatic carbocycles. The van der Waals surface area contributed by atoms with Gasteiger partial charge in [-0.15, -0.1) is 0 Å². The number of hydrogen-bond acceptors (Lipinski definition) is 3. The molecule has 0 radical (unpaired) electrons. The van der Waals surface area contributed by atoms with Crippen molar-refractivity contribution in [3.63, 3.8) is 0 Å². The zero-order chi connectivity index (χ0) is 14.5. The van der Waals surface area contributed by atoms with Crippen molar-refractivity contribution in [1.82, 2.24) is 9.80 Å². The topological polar surface area (TPSA) is 32.5 Å². The number of thiocarbonyl (C=S) groups is 1. The summed E-state index contributed by atoms with van der Waals surface area (Å²) in [5.74, 6) is -0.216. The zero-order valence-corrected chi connectivity index (χ0v) is 12.8. The molecule has 1 aliphatic heterocycles. The van der Waals surface area contributed by atoms with Gasteiger partial charge in [-0.05, 0) is 19.0 Å². The lowest BCUT2D eigenvalue weighted by atomic mass is 10.1. The number of hydrogen-bond donors (Lipinski definition) is 1. The lowest BCUT2D eigenvalue weighted by Gasteiger charge is -2.34. The van der Waals surface area contributed by atoms with Crippen LogP contribution in [0, 0.1) is 5.82 Å². The Balaban J connectivity index is 1.93. The third kappa shape index (κ3) is 3.98. The minimum Gasteiger partial charge on any atom is -0.389 e. The molecule has 1 fully saturated rings. The SMILES string of the molecule is CCCN1CCN(Cc2ccc(C(N)=S)cc2F)CC1. The molecule has 2 N–H and O–H groups in total. The maximum absolute atomic E-state index is 14.0. The van der Waals surface area contributed by atoms with Crippen molar-refractivity contribution in [1.29, 1.82) is 0 Å². The molecule has 0 unspecified atom stereocenters. The summed E-state index contributed by atoms with van der Waals surface area (Å²) in [5.41, 5.74) is 6.82. The molecule has 5 heteroatoms.